The molecule has 90 valence electrons. The number of hydrogen-bond acceptors (Lipinski definition) is 1. The first-order chi connectivity index (χ1) is 7.58. The largest absolute Gasteiger partial charge is 0.352 e. The minimum atomic E-state index is 0.651. The van der Waals surface area contributed by atoms with Gasteiger partial charge in [-0.1, -0.05) is 6.92 Å². The molecule has 0 amide bonds. The van der Waals surface area contributed by atoms with Gasteiger partial charge in [0.15, 0.2) is 0 Å². The molecule has 1 N–H and O–H groups in total. The SMILES string of the molecule is CCC1(CNCc2cc(C)n(C)c2C)CC1. The number of nitrogens with zero attached hydrogens (tertiary/aromatic N) is 1. The lowest BCUT2D eigenvalue weighted by atomic mass is 10.0. The average Bonchev–Trinajstić information content (AvgIpc) is 3.01. The summed E-state index contributed by atoms with van der Waals surface area (Å²) in [6.07, 6.45) is 4.17. The van der Waals surface area contributed by atoms with Crippen LogP contribution in [0, 0.1) is 19.3 Å². The van der Waals surface area contributed by atoms with Gasteiger partial charge in [-0.05, 0) is 50.2 Å². The second kappa shape index (κ2) is 4.25. The molecule has 0 bridgehead atoms. The monoisotopic (exact) mass is 220 g/mol. The molecule has 1 heterocycles. The Morgan fingerprint density at radius 2 is 2.06 bits per heavy atom. The van der Waals surface area contributed by atoms with Gasteiger partial charge in [-0.25, -0.2) is 0 Å². The van der Waals surface area contributed by atoms with Crippen molar-refractivity contribution in [2.24, 2.45) is 12.5 Å². The normalized spacial score (nSPS) is 17.8. The van der Waals surface area contributed by atoms with E-state index in [1.54, 1.807) is 0 Å². The van der Waals surface area contributed by atoms with E-state index < -0.39 is 0 Å². The smallest absolute Gasteiger partial charge is 0.0223 e. The quantitative estimate of drug-likeness (QED) is 0.807. The zero-order valence-corrected chi connectivity index (χ0v) is 11.1. The van der Waals surface area contributed by atoms with Gasteiger partial charge in [-0.2, -0.15) is 0 Å². The first kappa shape index (κ1) is 11.7. The van der Waals surface area contributed by atoms with E-state index in [1.807, 2.05) is 0 Å². The van der Waals surface area contributed by atoms with Crippen LogP contribution in [0.25, 0.3) is 0 Å². The highest BCUT2D eigenvalue weighted by Gasteiger charge is 2.39. The van der Waals surface area contributed by atoms with Crippen LogP contribution in [-0.2, 0) is 13.6 Å². The number of nitrogens with one attached hydrogen (secondary N) is 1. The third-order valence-electron chi connectivity index (χ3n) is 4.40. The second-order valence-electron chi connectivity index (χ2n) is 5.41. The van der Waals surface area contributed by atoms with Crippen molar-refractivity contribution < 1.29 is 0 Å². The standard InChI is InChI=1S/C14H24N2/c1-5-14(6-7-14)10-15-9-13-8-11(2)16(4)12(13)3/h8,15H,5-7,9-10H2,1-4H3. The van der Waals surface area contributed by atoms with Crippen LogP contribution in [0.15, 0.2) is 6.07 Å². The molecule has 0 radical (unpaired) electrons. The summed E-state index contributed by atoms with van der Waals surface area (Å²) in [6, 6.07) is 2.30. The molecule has 0 aromatic carbocycles. The van der Waals surface area contributed by atoms with Crippen molar-refractivity contribution in [3.05, 3.63) is 23.0 Å². The molecule has 1 aromatic heterocycles. The summed E-state index contributed by atoms with van der Waals surface area (Å²) in [7, 11) is 2.14. The fourth-order valence-electron chi connectivity index (χ4n) is 2.41. The highest BCUT2D eigenvalue weighted by atomic mass is 15.0. The van der Waals surface area contributed by atoms with E-state index in [4.69, 9.17) is 0 Å². The average molecular weight is 220 g/mol. The molecule has 1 aliphatic carbocycles. The Morgan fingerprint density at radius 1 is 1.38 bits per heavy atom. The highest BCUT2D eigenvalue weighted by Crippen LogP contribution is 2.47. The van der Waals surface area contributed by atoms with Gasteiger partial charge in [0.05, 0.1) is 0 Å². The third kappa shape index (κ3) is 2.17. The lowest BCUT2D eigenvalue weighted by Gasteiger charge is -2.13. The van der Waals surface area contributed by atoms with Crippen LogP contribution in [0.3, 0.4) is 0 Å². The molecule has 0 aliphatic heterocycles. The highest BCUT2D eigenvalue weighted by molar-refractivity contribution is 5.26. The summed E-state index contributed by atoms with van der Waals surface area (Å²) in [5, 5.41) is 3.62. The fraction of sp³-hybridized carbons (Fsp3) is 0.714. The van der Waals surface area contributed by atoms with Crippen molar-refractivity contribution >= 4 is 0 Å². The molecule has 1 fully saturated rings. The van der Waals surface area contributed by atoms with Crippen LogP contribution in [-0.4, -0.2) is 11.1 Å². The predicted molar refractivity (Wildman–Crippen MR) is 68.6 cm³/mol. The minimum Gasteiger partial charge on any atom is -0.352 e. The van der Waals surface area contributed by atoms with Gasteiger partial charge in [-0.3, -0.25) is 0 Å². The summed E-state index contributed by atoms with van der Waals surface area (Å²) in [5.41, 5.74) is 4.85. The number of rotatable bonds is 5. The molecule has 1 aromatic rings. The molecule has 16 heavy (non-hydrogen) atoms. The summed E-state index contributed by atoms with van der Waals surface area (Å²) in [4.78, 5) is 0. The minimum absolute atomic E-state index is 0.651. The Morgan fingerprint density at radius 3 is 2.50 bits per heavy atom. The van der Waals surface area contributed by atoms with Gasteiger partial charge in [-0.15, -0.1) is 0 Å². The van der Waals surface area contributed by atoms with E-state index in [2.05, 4.69) is 43.8 Å². The van der Waals surface area contributed by atoms with Crippen molar-refractivity contribution in [2.75, 3.05) is 6.54 Å². The van der Waals surface area contributed by atoms with Crippen molar-refractivity contribution in [3.8, 4) is 0 Å². The molecular weight excluding hydrogens is 196 g/mol. The summed E-state index contributed by atoms with van der Waals surface area (Å²) >= 11 is 0. The molecule has 1 saturated carbocycles. The van der Waals surface area contributed by atoms with E-state index in [0.717, 1.165) is 6.54 Å². The van der Waals surface area contributed by atoms with E-state index in [0.29, 0.717) is 5.41 Å². The topological polar surface area (TPSA) is 17.0 Å². The van der Waals surface area contributed by atoms with Gasteiger partial charge >= 0.3 is 0 Å². The molecule has 2 rings (SSSR count). The van der Waals surface area contributed by atoms with Gasteiger partial charge in [0, 0.05) is 31.5 Å². The Bertz CT molecular complexity index is 372. The zero-order valence-electron chi connectivity index (χ0n) is 11.1. The van der Waals surface area contributed by atoms with Crippen LogP contribution < -0.4 is 5.32 Å². The fourth-order valence-corrected chi connectivity index (χ4v) is 2.41. The number of hydrogen-bond donors (Lipinski definition) is 1. The lowest BCUT2D eigenvalue weighted by Crippen LogP contribution is -2.23. The predicted octanol–water partition coefficient (Wildman–Crippen LogP) is 2.92. The maximum Gasteiger partial charge on any atom is 0.0223 e. The summed E-state index contributed by atoms with van der Waals surface area (Å²) in [6.45, 7) is 8.90. The van der Waals surface area contributed by atoms with Gasteiger partial charge in [0.25, 0.3) is 0 Å². The molecule has 0 unspecified atom stereocenters. The summed E-state index contributed by atoms with van der Waals surface area (Å²) in [5.74, 6) is 0. The Hall–Kier alpha value is -0.760. The van der Waals surface area contributed by atoms with E-state index in [-0.39, 0.29) is 0 Å². The van der Waals surface area contributed by atoms with E-state index in [1.165, 1.54) is 42.8 Å². The van der Waals surface area contributed by atoms with Crippen LogP contribution >= 0.6 is 0 Å². The van der Waals surface area contributed by atoms with Crippen molar-refractivity contribution in [1.82, 2.24) is 9.88 Å². The van der Waals surface area contributed by atoms with E-state index in [9.17, 15) is 0 Å². The Kier molecular flexibility index (Phi) is 3.11. The molecule has 2 heteroatoms. The summed E-state index contributed by atoms with van der Waals surface area (Å²) < 4.78 is 2.27. The van der Waals surface area contributed by atoms with Gasteiger partial charge in [0.2, 0.25) is 0 Å². The van der Waals surface area contributed by atoms with Gasteiger partial charge in [0.1, 0.15) is 0 Å². The molecule has 0 saturated heterocycles. The second-order valence-corrected chi connectivity index (χ2v) is 5.41. The molecular formula is C14H24N2. The maximum atomic E-state index is 3.62. The van der Waals surface area contributed by atoms with Crippen LogP contribution in [0.1, 0.15) is 43.1 Å². The van der Waals surface area contributed by atoms with Gasteiger partial charge < -0.3 is 9.88 Å². The molecule has 0 spiro atoms. The Balaban J connectivity index is 1.88. The third-order valence-corrected chi connectivity index (χ3v) is 4.40. The van der Waals surface area contributed by atoms with E-state index >= 15 is 0 Å². The number of aryl methyl sites for hydroxylation is 1. The lowest BCUT2D eigenvalue weighted by molar-refractivity contribution is 0.443. The van der Waals surface area contributed by atoms with Crippen molar-refractivity contribution in [2.45, 2.75) is 46.6 Å². The molecule has 2 nitrogen and oxygen atoms in total. The van der Waals surface area contributed by atoms with Crippen LogP contribution in [0.5, 0.6) is 0 Å². The number of aromatic nitrogens is 1. The first-order valence-electron chi connectivity index (χ1n) is 6.40. The Labute approximate surface area is 99.0 Å². The molecule has 1 aliphatic rings. The van der Waals surface area contributed by atoms with Crippen LogP contribution in [0.4, 0.5) is 0 Å². The maximum absolute atomic E-state index is 3.62. The van der Waals surface area contributed by atoms with Crippen molar-refractivity contribution in [1.29, 1.82) is 0 Å². The van der Waals surface area contributed by atoms with Crippen molar-refractivity contribution in [3.63, 3.8) is 0 Å². The zero-order chi connectivity index (χ0) is 11.8. The molecule has 0 atom stereocenters. The van der Waals surface area contributed by atoms with Crippen LogP contribution in [0.2, 0.25) is 0 Å². The first-order valence-corrected chi connectivity index (χ1v) is 6.40.